The average Bonchev–Trinajstić information content (AvgIpc) is 2.33. The molecule has 1 aromatic carbocycles. The zero-order valence-corrected chi connectivity index (χ0v) is 13.0. The molecule has 1 unspecified atom stereocenters. The fourth-order valence-corrected chi connectivity index (χ4v) is 2.18. The van der Waals surface area contributed by atoms with Crippen LogP contribution in [0.4, 0.5) is 0 Å². The molecule has 0 saturated heterocycles. The van der Waals surface area contributed by atoms with Crippen LogP contribution in [0.15, 0.2) is 24.3 Å². The number of hydrogen-bond acceptors (Lipinski definition) is 2. The van der Waals surface area contributed by atoms with Crippen LogP contribution in [0.25, 0.3) is 0 Å². The Kier molecular flexibility index (Phi) is 6.02. The molecule has 1 atom stereocenters. The van der Waals surface area contributed by atoms with Crippen molar-refractivity contribution >= 4 is 0 Å². The zero-order valence-electron chi connectivity index (χ0n) is 13.0. The maximum atomic E-state index is 9.07. The number of aliphatic hydroxyl groups is 1. The van der Waals surface area contributed by atoms with E-state index >= 15 is 0 Å². The molecular weight excluding hydrogens is 234 g/mol. The van der Waals surface area contributed by atoms with Gasteiger partial charge < -0.3 is 10.4 Å². The molecule has 0 fully saturated rings. The molecule has 1 rings (SSSR count). The van der Waals surface area contributed by atoms with Crippen molar-refractivity contribution in [1.82, 2.24) is 5.32 Å². The first-order valence-corrected chi connectivity index (χ1v) is 7.28. The molecule has 2 heteroatoms. The summed E-state index contributed by atoms with van der Waals surface area (Å²) in [5, 5.41) is 12.6. The second-order valence-electron chi connectivity index (χ2n) is 6.69. The summed E-state index contributed by atoms with van der Waals surface area (Å²) in [7, 11) is 0. The van der Waals surface area contributed by atoms with Crippen molar-refractivity contribution in [3.8, 4) is 0 Å². The van der Waals surface area contributed by atoms with Crippen LogP contribution in [0.5, 0.6) is 0 Å². The fraction of sp³-hybridized carbons (Fsp3) is 0.647. The molecule has 0 aromatic heterocycles. The van der Waals surface area contributed by atoms with Crippen LogP contribution in [-0.4, -0.2) is 17.8 Å². The number of rotatable bonds is 6. The van der Waals surface area contributed by atoms with Crippen LogP contribution < -0.4 is 5.32 Å². The van der Waals surface area contributed by atoms with Crippen LogP contribution in [0.3, 0.4) is 0 Å². The summed E-state index contributed by atoms with van der Waals surface area (Å²) in [6.45, 7) is 12.2. The first-order chi connectivity index (χ1) is 8.84. The van der Waals surface area contributed by atoms with E-state index in [1.165, 1.54) is 11.1 Å². The second-order valence-corrected chi connectivity index (χ2v) is 6.69. The van der Waals surface area contributed by atoms with E-state index < -0.39 is 0 Å². The lowest BCUT2D eigenvalue weighted by Crippen LogP contribution is -2.34. The average molecular weight is 263 g/mol. The summed E-state index contributed by atoms with van der Waals surface area (Å²) >= 11 is 0. The molecule has 0 spiro atoms. The van der Waals surface area contributed by atoms with Gasteiger partial charge in [-0.3, -0.25) is 0 Å². The standard InChI is InChI=1S/C17H29NO/c1-13(2)16(10-11-19)18-12-14-6-8-15(9-7-14)17(3,4)5/h6-9,13,16,18-19H,10-12H2,1-5H3. The molecule has 2 nitrogen and oxygen atoms in total. The molecule has 0 aliphatic heterocycles. The Morgan fingerprint density at radius 1 is 1.11 bits per heavy atom. The van der Waals surface area contributed by atoms with E-state index in [9.17, 15) is 0 Å². The lowest BCUT2D eigenvalue weighted by Gasteiger charge is -2.22. The minimum Gasteiger partial charge on any atom is -0.396 e. The Morgan fingerprint density at radius 2 is 1.68 bits per heavy atom. The summed E-state index contributed by atoms with van der Waals surface area (Å²) in [6.07, 6.45) is 0.817. The monoisotopic (exact) mass is 263 g/mol. The summed E-state index contributed by atoms with van der Waals surface area (Å²) in [6, 6.07) is 9.21. The van der Waals surface area contributed by atoms with E-state index in [0.29, 0.717) is 12.0 Å². The van der Waals surface area contributed by atoms with Gasteiger partial charge in [-0.2, -0.15) is 0 Å². The van der Waals surface area contributed by atoms with Gasteiger partial charge in [0.25, 0.3) is 0 Å². The highest BCUT2D eigenvalue weighted by Crippen LogP contribution is 2.22. The van der Waals surface area contributed by atoms with Crippen LogP contribution in [0.2, 0.25) is 0 Å². The second kappa shape index (κ2) is 7.06. The Hall–Kier alpha value is -0.860. The van der Waals surface area contributed by atoms with Crippen LogP contribution >= 0.6 is 0 Å². The van der Waals surface area contributed by atoms with E-state index in [0.717, 1.165) is 13.0 Å². The van der Waals surface area contributed by atoms with Gasteiger partial charge in [0.05, 0.1) is 0 Å². The van der Waals surface area contributed by atoms with Gasteiger partial charge in [-0.1, -0.05) is 58.9 Å². The third-order valence-electron chi connectivity index (χ3n) is 3.63. The molecule has 0 aliphatic carbocycles. The highest BCUT2D eigenvalue weighted by molar-refractivity contribution is 5.27. The lowest BCUT2D eigenvalue weighted by atomic mass is 9.87. The predicted molar refractivity (Wildman–Crippen MR) is 82.3 cm³/mol. The molecule has 0 radical (unpaired) electrons. The van der Waals surface area contributed by atoms with E-state index in [-0.39, 0.29) is 12.0 Å². The zero-order chi connectivity index (χ0) is 14.5. The summed E-state index contributed by atoms with van der Waals surface area (Å²) in [5.74, 6) is 0.543. The smallest absolute Gasteiger partial charge is 0.0445 e. The van der Waals surface area contributed by atoms with E-state index in [2.05, 4.69) is 64.2 Å². The number of aliphatic hydroxyl groups excluding tert-OH is 1. The van der Waals surface area contributed by atoms with Gasteiger partial charge in [0.1, 0.15) is 0 Å². The maximum absolute atomic E-state index is 9.07. The van der Waals surface area contributed by atoms with Crippen molar-refractivity contribution in [2.24, 2.45) is 5.92 Å². The minimum absolute atomic E-state index is 0.212. The van der Waals surface area contributed by atoms with Crippen LogP contribution in [0, 0.1) is 5.92 Å². The Labute approximate surface area is 118 Å². The van der Waals surface area contributed by atoms with Gasteiger partial charge in [-0.05, 0) is 28.9 Å². The van der Waals surface area contributed by atoms with Crippen LogP contribution in [0.1, 0.15) is 52.2 Å². The highest BCUT2D eigenvalue weighted by atomic mass is 16.3. The predicted octanol–water partition coefficient (Wildman–Crippen LogP) is 3.48. The summed E-state index contributed by atoms with van der Waals surface area (Å²) in [4.78, 5) is 0. The molecule has 0 bridgehead atoms. The van der Waals surface area contributed by atoms with Crippen molar-refractivity contribution in [3.05, 3.63) is 35.4 Å². The Morgan fingerprint density at radius 3 is 2.11 bits per heavy atom. The van der Waals surface area contributed by atoms with Gasteiger partial charge >= 0.3 is 0 Å². The quantitative estimate of drug-likeness (QED) is 0.823. The van der Waals surface area contributed by atoms with Gasteiger partial charge in [-0.15, -0.1) is 0 Å². The van der Waals surface area contributed by atoms with Gasteiger partial charge in [0.15, 0.2) is 0 Å². The van der Waals surface area contributed by atoms with E-state index in [1.807, 2.05) is 0 Å². The molecule has 0 heterocycles. The van der Waals surface area contributed by atoms with E-state index in [4.69, 9.17) is 5.11 Å². The maximum Gasteiger partial charge on any atom is 0.0445 e. The number of benzene rings is 1. The van der Waals surface area contributed by atoms with Crippen molar-refractivity contribution in [2.75, 3.05) is 6.61 Å². The number of hydrogen-bond donors (Lipinski definition) is 2. The largest absolute Gasteiger partial charge is 0.396 e. The molecule has 19 heavy (non-hydrogen) atoms. The third kappa shape index (κ3) is 5.33. The molecular formula is C17H29NO. The van der Waals surface area contributed by atoms with Crippen LogP contribution in [-0.2, 0) is 12.0 Å². The molecule has 2 N–H and O–H groups in total. The minimum atomic E-state index is 0.212. The highest BCUT2D eigenvalue weighted by Gasteiger charge is 2.14. The number of nitrogens with one attached hydrogen (secondary N) is 1. The summed E-state index contributed by atoms with van der Waals surface area (Å²) in [5.41, 5.74) is 2.88. The fourth-order valence-electron chi connectivity index (χ4n) is 2.18. The first kappa shape index (κ1) is 16.2. The first-order valence-electron chi connectivity index (χ1n) is 7.28. The van der Waals surface area contributed by atoms with Gasteiger partial charge in [0.2, 0.25) is 0 Å². The lowest BCUT2D eigenvalue weighted by molar-refractivity contribution is 0.244. The van der Waals surface area contributed by atoms with Crippen molar-refractivity contribution in [3.63, 3.8) is 0 Å². The van der Waals surface area contributed by atoms with Gasteiger partial charge in [-0.25, -0.2) is 0 Å². The molecule has 0 aliphatic rings. The molecule has 0 saturated carbocycles. The Balaban J connectivity index is 2.58. The molecule has 1 aromatic rings. The molecule has 0 amide bonds. The SMILES string of the molecule is CC(C)C(CCO)NCc1ccc(C(C)(C)C)cc1. The summed E-state index contributed by atoms with van der Waals surface area (Å²) < 4.78 is 0. The van der Waals surface area contributed by atoms with Crippen molar-refractivity contribution in [2.45, 2.75) is 59.0 Å². The normalized spacial score (nSPS) is 13.8. The topological polar surface area (TPSA) is 32.3 Å². The molecule has 108 valence electrons. The van der Waals surface area contributed by atoms with E-state index in [1.54, 1.807) is 0 Å². The van der Waals surface area contributed by atoms with Crippen molar-refractivity contribution in [1.29, 1.82) is 0 Å². The van der Waals surface area contributed by atoms with Crippen molar-refractivity contribution < 1.29 is 5.11 Å². The Bertz CT molecular complexity index is 362. The van der Waals surface area contributed by atoms with Gasteiger partial charge in [0, 0.05) is 19.2 Å². The third-order valence-corrected chi connectivity index (χ3v) is 3.63.